The van der Waals surface area contributed by atoms with E-state index in [9.17, 15) is 9.59 Å². The predicted octanol–water partition coefficient (Wildman–Crippen LogP) is 1.37. The Morgan fingerprint density at radius 2 is 1.69 bits per heavy atom. The third-order valence-electron chi connectivity index (χ3n) is 2.52. The summed E-state index contributed by atoms with van der Waals surface area (Å²) in [7, 11) is 0. The predicted molar refractivity (Wildman–Crippen MR) is 46.1 cm³/mol. The van der Waals surface area contributed by atoms with Crippen molar-refractivity contribution in [3.63, 3.8) is 0 Å². The average molecular weight is 180 g/mol. The van der Waals surface area contributed by atoms with E-state index in [0.29, 0.717) is 30.8 Å². The summed E-state index contributed by atoms with van der Waals surface area (Å²) in [6, 6.07) is 0. The lowest BCUT2D eigenvalue weighted by Crippen LogP contribution is -2.13. The van der Waals surface area contributed by atoms with E-state index in [1.54, 1.807) is 0 Å². The first-order chi connectivity index (χ1) is 6.29. The third kappa shape index (κ3) is 1.50. The van der Waals surface area contributed by atoms with Crippen LogP contribution in [0.1, 0.15) is 32.1 Å². The molecule has 2 fully saturated rings. The van der Waals surface area contributed by atoms with Crippen LogP contribution < -0.4 is 0 Å². The molecular formula is C10H12O3. The standard InChI is InChI=1S/C10H12O3/c11-8-4-2-1-3-7(8)10-9(12)5-6-13-10/h1-6H2/b10-7-. The van der Waals surface area contributed by atoms with Crippen molar-refractivity contribution in [2.45, 2.75) is 32.1 Å². The second-order valence-electron chi connectivity index (χ2n) is 3.46. The monoisotopic (exact) mass is 180 g/mol. The minimum atomic E-state index is 0.00486. The van der Waals surface area contributed by atoms with Gasteiger partial charge in [-0.05, 0) is 19.3 Å². The molecule has 1 saturated heterocycles. The highest BCUT2D eigenvalue weighted by atomic mass is 16.5. The Bertz CT molecular complexity index is 289. The Labute approximate surface area is 76.8 Å². The van der Waals surface area contributed by atoms with Crippen LogP contribution in [0, 0.1) is 0 Å². The van der Waals surface area contributed by atoms with Crippen molar-refractivity contribution in [2.75, 3.05) is 6.61 Å². The van der Waals surface area contributed by atoms with Crippen molar-refractivity contribution < 1.29 is 14.3 Å². The average Bonchev–Trinajstić information content (AvgIpc) is 2.52. The largest absolute Gasteiger partial charge is 0.489 e. The number of carbonyl (C=O) groups excluding carboxylic acids is 2. The molecule has 0 unspecified atom stereocenters. The summed E-state index contributed by atoms with van der Waals surface area (Å²) in [5, 5.41) is 0. The van der Waals surface area contributed by atoms with Gasteiger partial charge in [-0.1, -0.05) is 0 Å². The molecule has 0 aromatic heterocycles. The molecule has 0 atom stereocenters. The zero-order chi connectivity index (χ0) is 9.26. The molecule has 13 heavy (non-hydrogen) atoms. The summed E-state index contributed by atoms with van der Waals surface area (Å²) in [5.41, 5.74) is 0.647. The van der Waals surface area contributed by atoms with E-state index in [2.05, 4.69) is 0 Å². The van der Waals surface area contributed by atoms with Crippen molar-refractivity contribution in [3.05, 3.63) is 11.3 Å². The maximum Gasteiger partial charge on any atom is 0.201 e. The Morgan fingerprint density at radius 3 is 2.31 bits per heavy atom. The Kier molecular flexibility index (Phi) is 2.17. The van der Waals surface area contributed by atoms with Gasteiger partial charge >= 0.3 is 0 Å². The lowest BCUT2D eigenvalue weighted by atomic mass is 9.92. The van der Waals surface area contributed by atoms with Gasteiger partial charge in [-0.3, -0.25) is 9.59 Å². The van der Waals surface area contributed by atoms with Crippen molar-refractivity contribution in [3.8, 4) is 0 Å². The molecule has 0 radical (unpaired) electrons. The zero-order valence-electron chi connectivity index (χ0n) is 7.47. The molecule has 1 aliphatic heterocycles. The number of ketones is 2. The van der Waals surface area contributed by atoms with E-state index in [1.165, 1.54) is 0 Å². The van der Waals surface area contributed by atoms with E-state index >= 15 is 0 Å². The van der Waals surface area contributed by atoms with Gasteiger partial charge in [-0.15, -0.1) is 0 Å². The summed E-state index contributed by atoms with van der Waals surface area (Å²) in [6.07, 6.45) is 3.69. The maximum atomic E-state index is 11.4. The van der Waals surface area contributed by atoms with Crippen LogP contribution in [0.25, 0.3) is 0 Å². The van der Waals surface area contributed by atoms with Crippen LogP contribution in [-0.2, 0) is 14.3 Å². The minimum absolute atomic E-state index is 0.00486. The molecule has 0 amide bonds. The van der Waals surface area contributed by atoms with E-state index < -0.39 is 0 Å². The SMILES string of the molecule is O=C1CCCC/C1=C1/OCCC1=O. The molecule has 1 saturated carbocycles. The second kappa shape index (κ2) is 3.32. The summed E-state index contributed by atoms with van der Waals surface area (Å²) >= 11 is 0. The highest BCUT2D eigenvalue weighted by Crippen LogP contribution is 2.26. The molecular weight excluding hydrogens is 168 g/mol. The number of carbonyl (C=O) groups is 2. The fourth-order valence-corrected chi connectivity index (χ4v) is 1.81. The Morgan fingerprint density at radius 1 is 0.923 bits per heavy atom. The molecule has 0 aromatic carbocycles. The molecule has 3 heteroatoms. The van der Waals surface area contributed by atoms with Gasteiger partial charge in [0.05, 0.1) is 6.61 Å². The van der Waals surface area contributed by atoms with Gasteiger partial charge in [-0.2, -0.15) is 0 Å². The van der Waals surface area contributed by atoms with Gasteiger partial charge in [0.15, 0.2) is 11.5 Å². The maximum absolute atomic E-state index is 11.4. The third-order valence-corrected chi connectivity index (χ3v) is 2.52. The van der Waals surface area contributed by atoms with Crippen molar-refractivity contribution in [1.29, 1.82) is 0 Å². The lowest BCUT2D eigenvalue weighted by Gasteiger charge is -2.13. The van der Waals surface area contributed by atoms with Gasteiger partial charge in [0.1, 0.15) is 0 Å². The summed E-state index contributed by atoms with van der Waals surface area (Å²) < 4.78 is 5.18. The first kappa shape index (κ1) is 8.48. The Balaban J connectivity index is 2.29. The molecule has 70 valence electrons. The molecule has 2 aliphatic rings. The van der Waals surface area contributed by atoms with Gasteiger partial charge in [0, 0.05) is 18.4 Å². The van der Waals surface area contributed by atoms with Crippen LogP contribution in [0.2, 0.25) is 0 Å². The summed E-state index contributed by atoms with van der Waals surface area (Å²) in [6.45, 7) is 0.449. The van der Waals surface area contributed by atoms with Gasteiger partial charge in [-0.25, -0.2) is 0 Å². The molecule has 0 bridgehead atoms. The van der Waals surface area contributed by atoms with Crippen LogP contribution >= 0.6 is 0 Å². The highest BCUT2D eigenvalue weighted by Gasteiger charge is 2.28. The quantitative estimate of drug-likeness (QED) is 0.529. The van der Waals surface area contributed by atoms with Gasteiger partial charge < -0.3 is 4.74 Å². The van der Waals surface area contributed by atoms with Crippen molar-refractivity contribution >= 4 is 11.6 Å². The number of rotatable bonds is 0. The zero-order valence-corrected chi connectivity index (χ0v) is 7.47. The molecule has 3 nitrogen and oxygen atoms in total. The van der Waals surface area contributed by atoms with Crippen molar-refractivity contribution in [1.82, 2.24) is 0 Å². The Hall–Kier alpha value is -1.12. The first-order valence-corrected chi connectivity index (χ1v) is 4.71. The lowest BCUT2D eigenvalue weighted by molar-refractivity contribution is -0.118. The molecule has 1 aliphatic carbocycles. The van der Waals surface area contributed by atoms with E-state index in [-0.39, 0.29) is 11.6 Å². The number of allylic oxidation sites excluding steroid dienone is 2. The van der Waals surface area contributed by atoms with Crippen LogP contribution in [0.3, 0.4) is 0 Å². The van der Waals surface area contributed by atoms with Crippen LogP contribution in [0.15, 0.2) is 11.3 Å². The molecule has 0 aromatic rings. The molecule has 2 rings (SSSR count). The van der Waals surface area contributed by atoms with E-state index in [1.807, 2.05) is 0 Å². The van der Waals surface area contributed by atoms with E-state index in [4.69, 9.17) is 4.74 Å². The number of hydrogen-bond donors (Lipinski definition) is 0. The fourth-order valence-electron chi connectivity index (χ4n) is 1.81. The van der Waals surface area contributed by atoms with Gasteiger partial charge in [0.25, 0.3) is 0 Å². The van der Waals surface area contributed by atoms with Crippen LogP contribution in [0.5, 0.6) is 0 Å². The van der Waals surface area contributed by atoms with Crippen LogP contribution in [0.4, 0.5) is 0 Å². The van der Waals surface area contributed by atoms with Crippen molar-refractivity contribution in [2.24, 2.45) is 0 Å². The van der Waals surface area contributed by atoms with E-state index in [0.717, 1.165) is 19.3 Å². The number of Topliss-reactive ketones (excluding diaryl/α,β-unsaturated/α-hetero) is 2. The fraction of sp³-hybridized carbons (Fsp3) is 0.600. The first-order valence-electron chi connectivity index (χ1n) is 4.71. The van der Waals surface area contributed by atoms with Crippen LogP contribution in [-0.4, -0.2) is 18.2 Å². The van der Waals surface area contributed by atoms with Gasteiger partial charge in [0.2, 0.25) is 5.78 Å². The topological polar surface area (TPSA) is 43.4 Å². The normalized spacial score (nSPS) is 29.2. The molecule has 0 N–H and O–H groups in total. The highest BCUT2D eigenvalue weighted by molar-refractivity contribution is 6.06. The smallest absolute Gasteiger partial charge is 0.201 e. The molecule has 0 spiro atoms. The second-order valence-corrected chi connectivity index (χ2v) is 3.46. The minimum Gasteiger partial charge on any atom is -0.489 e. The molecule has 1 heterocycles. The number of hydrogen-bond acceptors (Lipinski definition) is 3. The number of ether oxygens (including phenoxy) is 1. The summed E-state index contributed by atoms with van der Waals surface area (Å²) in [5.74, 6) is 0.478. The summed E-state index contributed by atoms with van der Waals surface area (Å²) in [4.78, 5) is 22.7.